The van der Waals surface area contributed by atoms with Crippen LogP contribution in [0.1, 0.15) is 19.9 Å². The molecule has 2 aromatic rings. The Bertz CT molecular complexity index is 512. The Morgan fingerprint density at radius 3 is 2.87 bits per heavy atom. The molecule has 0 aliphatic carbocycles. The second kappa shape index (κ2) is 3.68. The third-order valence-electron chi connectivity index (χ3n) is 2.14. The van der Waals surface area contributed by atoms with Crippen molar-refractivity contribution in [1.29, 1.82) is 0 Å². The van der Waals surface area contributed by atoms with E-state index < -0.39 is 0 Å². The topological polar surface area (TPSA) is 63.6 Å². The summed E-state index contributed by atoms with van der Waals surface area (Å²) >= 11 is 0. The number of rotatable bonds is 2. The monoisotopic (exact) mass is 204 g/mol. The van der Waals surface area contributed by atoms with E-state index in [-0.39, 0.29) is 11.6 Å². The largest absolute Gasteiger partial charge is 0.319 e. The maximum Gasteiger partial charge on any atom is 0.248 e. The summed E-state index contributed by atoms with van der Waals surface area (Å²) in [6, 6.07) is 5.25. The first-order valence-electron chi connectivity index (χ1n) is 4.77. The van der Waals surface area contributed by atoms with Crippen LogP contribution in [-0.4, -0.2) is 19.7 Å². The third-order valence-corrected chi connectivity index (χ3v) is 2.14. The van der Waals surface area contributed by atoms with Crippen molar-refractivity contribution in [3.63, 3.8) is 0 Å². The van der Waals surface area contributed by atoms with Crippen molar-refractivity contribution in [3.8, 4) is 11.5 Å². The van der Waals surface area contributed by atoms with Crippen LogP contribution in [0.3, 0.4) is 0 Å². The van der Waals surface area contributed by atoms with Crippen LogP contribution in [0, 0.1) is 0 Å². The van der Waals surface area contributed by atoms with E-state index in [9.17, 15) is 4.79 Å². The van der Waals surface area contributed by atoms with Crippen LogP contribution in [0.15, 0.2) is 29.3 Å². The quantitative estimate of drug-likeness (QED) is 0.799. The van der Waals surface area contributed by atoms with E-state index in [1.54, 1.807) is 12.4 Å². The number of pyridine rings is 1. The molecule has 0 fully saturated rings. The number of nitrogens with zero attached hydrogens (tertiary/aromatic N) is 3. The van der Waals surface area contributed by atoms with Crippen molar-refractivity contribution >= 4 is 0 Å². The van der Waals surface area contributed by atoms with Crippen molar-refractivity contribution in [1.82, 2.24) is 19.7 Å². The molecule has 0 aliphatic heterocycles. The van der Waals surface area contributed by atoms with Gasteiger partial charge in [-0.05, 0) is 19.9 Å². The Labute approximate surface area is 86.8 Å². The van der Waals surface area contributed by atoms with Gasteiger partial charge < -0.3 is 9.55 Å². The zero-order valence-corrected chi connectivity index (χ0v) is 8.64. The van der Waals surface area contributed by atoms with Crippen LogP contribution in [0.5, 0.6) is 0 Å². The molecule has 15 heavy (non-hydrogen) atoms. The second-order valence-electron chi connectivity index (χ2n) is 3.58. The fourth-order valence-corrected chi connectivity index (χ4v) is 1.39. The molecular formula is C10H12N4O. The predicted molar refractivity (Wildman–Crippen MR) is 56.5 cm³/mol. The van der Waals surface area contributed by atoms with E-state index >= 15 is 0 Å². The summed E-state index contributed by atoms with van der Waals surface area (Å²) in [5.41, 5.74) is 0.555. The van der Waals surface area contributed by atoms with Gasteiger partial charge in [0.25, 0.3) is 0 Å². The Morgan fingerprint density at radius 1 is 1.40 bits per heavy atom. The smallest absolute Gasteiger partial charge is 0.248 e. The average molecular weight is 204 g/mol. The first-order chi connectivity index (χ1) is 7.18. The SMILES string of the molecule is CC(C)n1cnnc1-c1cccc(=O)[nH]1. The van der Waals surface area contributed by atoms with Gasteiger partial charge in [-0.3, -0.25) is 4.79 Å². The lowest BCUT2D eigenvalue weighted by Gasteiger charge is -2.09. The Kier molecular flexibility index (Phi) is 2.37. The number of H-pyrrole nitrogens is 1. The van der Waals surface area contributed by atoms with Crippen LogP contribution < -0.4 is 5.56 Å². The number of aromatic amines is 1. The highest BCUT2D eigenvalue weighted by molar-refractivity contribution is 5.48. The Balaban J connectivity index is 2.54. The molecule has 78 valence electrons. The lowest BCUT2D eigenvalue weighted by molar-refractivity contribution is 0.603. The molecule has 0 bridgehead atoms. The van der Waals surface area contributed by atoms with Gasteiger partial charge in [-0.15, -0.1) is 10.2 Å². The van der Waals surface area contributed by atoms with E-state index in [2.05, 4.69) is 15.2 Å². The minimum Gasteiger partial charge on any atom is -0.319 e. The summed E-state index contributed by atoms with van der Waals surface area (Å²) in [6.07, 6.45) is 1.66. The average Bonchev–Trinajstić information content (AvgIpc) is 2.65. The Morgan fingerprint density at radius 2 is 2.20 bits per heavy atom. The molecule has 5 nitrogen and oxygen atoms in total. The molecule has 0 saturated heterocycles. The highest BCUT2D eigenvalue weighted by Gasteiger charge is 2.09. The van der Waals surface area contributed by atoms with Gasteiger partial charge in [0.15, 0.2) is 5.82 Å². The molecular weight excluding hydrogens is 192 g/mol. The first-order valence-corrected chi connectivity index (χ1v) is 4.77. The molecule has 0 radical (unpaired) electrons. The van der Waals surface area contributed by atoms with Crippen LogP contribution in [0.25, 0.3) is 11.5 Å². The van der Waals surface area contributed by atoms with Gasteiger partial charge in [-0.2, -0.15) is 0 Å². The second-order valence-corrected chi connectivity index (χ2v) is 3.58. The molecule has 0 unspecified atom stereocenters. The normalized spacial score (nSPS) is 10.9. The van der Waals surface area contributed by atoms with E-state index in [0.717, 1.165) is 0 Å². The van der Waals surface area contributed by atoms with Crippen molar-refractivity contribution < 1.29 is 0 Å². The molecule has 0 aliphatic rings. The minimum atomic E-state index is -0.134. The van der Waals surface area contributed by atoms with Crippen LogP contribution >= 0.6 is 0 Å². The van der Waals surface area contributed by atoms with Gasteiger partial charge in [0.2, 0.25) is 5.56 Å². The lowest BCUT2D eigenvalue weighted by Crippen LogP contribution is -2.08. The number of nitrogens with one attached hydrogen (secondary N) is 1. The summed E-state index contributed by atoms with van der Waals surface area (Å²) in [5.74, 6) is 0.683. The van der Waals surface area contributed by atoms with Crippen LogP contribution in [0.4, 0.5) is 0 Å². The van der Waals surface area contributed by atoms with E-state index in [0.29, 0.717) is 11.5 Å². The van der Waals surface area contributed by atoms with Gasteiger partial charge in [0, 0.05) is 12.1 Å². The molecule has 1 N–H and O–H groups in total. The standard InChI is InChI=1S/C10H12N4O/c1-7(2)14-6-11-13-10(14)8-4-3-5-9(15)12-8/h3-7H,1-2H3,(H,12,15). The molecule has 0 aromatic carbocycles. The van der Waals surface area contributed by atoms with Crippen molar-refractivity contribution in [3.05, 3.63) is 34.9 Å². The lowest BCUT2D eigenvalue weighted by atomic mass is 10.3. The highest BCUT2D eigenvalue weighted by Crippen LogP contribution is 2.16. The fourth-order valence-electron chi connectivity index (χ4n) is 1.39. The zero-order chi connectivity index (χ0) is 10.8. The summed E-state index contributed by atoms with van der Waals surface area (Å²) < 4.78 is 1.91. The first kappa shape index (κ1) is 9.64. The highest BCUT2D eigenvalue weighted by atomic mass is 16.1. The van der Waals surface area contributed by atoms with Crippen molar-refractivity contribution in [2.24, 2.45) is 0 Å². The summed E-state index contributed by atoms with van der Waals surface area (Å²) in [6.45, 7) is 4.07. The maximum absolute atomic E-state index is 11.2. The molecule has 2 heterocycles. The molecule has 5 heteroatoms. The van der Waals surface area contributed by atoms with Gasteiger partial charge >= 0.3 is 0 Å². The van der Waals surface area contributed by atoms with Crippen molar-refractivity contribution in [2.45, 2.75) is 19.9 Å². The van der Waals surface area contributed by atoms with E-state index in [4.69, 9.17) is 0 Å². The van der Waals surface area contributed by atoms with Gasteiger partial charge in [-0.1, -0.05) is 6.07 Å². The predicted octanol–water partition coefficient (Wildman–Crippen LogP) is 1.21. The summed E-state index contributed by atoms with van der Waals surface area (Å²) in [4.78, 5) is 13.9. The maximum atomic E-state index is 11.2. The van der Waals surface area contributed by atoms with Gasteiger partial charge in [0.1, 0.15) is 6.33 Å². The van der Waals surface area contributed by atoms with Crippen molar-refractivity contribution in [2.75, 3.05) is 0 Å². The zero-order valence-electron chi connectivity index (χ0n) is 8.64. The molecule has 0 saturated carbocycles. The molecule has 0 atom stereocenters. The van der Waals surface area contributed by atoms with Crippen LogP contribution in [-0.2, 0) is 0 Å². The molecule has 2 rings (SSSR count). The number of hydrogen-bond donors (Lipinski definition) is 1. The van der Waals surface area contributed by atoms with E-state index in [1.165, 1.54) is 6.07 Å². The fraction of sp³-hybridized carbons (Fsp3) is 0.300. The number of aromatic nitrogens is 4. The summed E-state index contributed by atoms with van der Waals surface area (Å²) in [7, 11) is 0. The van der Waals surface area contributed by atoms with E-state index in [1.807, 2.05) is 24.5 Å². The third kappa shape index (κ3) is 1.81. The molecule has 0 amide bonds. The van der Waals surface area contributed by atoms with Crippen LogP contribution in [0.2, 0.25) is 0 Å². The summed E-state index contributed by atoms with van der Waals surface area (Å²) in [5, 5.41) is 7.83. The molecule has 2 aromatic heterocycles. The van der Waals surface area contributed by atoms with Gasteiger partial charge in [0.05, 0.1) is 5.69 Å². The number of hydrogen-bond acceptors (Lipinski definition) is 3. The minimum absolute atomic E-state index is 0.134. The Hall–Kier alpha value is -1.91. The van der Waals surface area contributed by atoms with Gasteiger partial charge in [-0.25, -0.2) is 0 Å². The molecule has 0 spiro atoms.